The topological polar surface area (TPSA) is 85.3 Å². The number of halogens is 1. The van der Waals surface area contributed by atoms with Crippen LogP contribution in [0.5, 0.6) is 0 Å². The molecule has 0 saturated carbocycles. The monoisotopic (exact) mass is 360 g/mol. The summed E-state index contributed by atoms with van der Waals surface area (Å²) < 4.78 is 15.2. The van der Waals surface area contributed by atoms with Gasteiger partial charge in [-0.15, -0.1) is 5.10 Å². The maximum Gasteiger partial charge on any atom is 0.252 e. The van der Waals surface area contributed by atoms with Gasteiger partial charge in [-0.3, -0.25) is 4.79 Å². The lowest BCUT2D eigenvalue weighted by molar-refractivity contribution is 0.100. The van der Waals surface area contributed by atoms with E-state index in [1.54, 1.807) is 30.3 Å². The van der Waals surface area contributed by atoms with Crippen molar-refractivity contribution in [2.45, 2.75) is 6.54 Å². The fraction of sp³-hybridized carbons (Fsp3) is 0.0500. The number of pyridine rings is 1. The number of primary amides is 1. The van der Waals surface area contributed by atoms with Crippen molar-refractivity contribution in [1.82, 2.24) is 14.6 Å². The van der Waals surface area contributed by atoms with Crippen LogP contribution in [0.1, 0.15) is 15.9 Å². The normalized spacial score (nSPS) is 10.9. The minimum atomic E-state index is -0.567. The second-order valence-electron chi connectivity index (χ2n) is 5.97. The Balaban J connectivity index is 1.59. The molecule has 4 aromatic rings. The quantitative estimate of drug-likeness (QED) is 0.573. The number of hydrogen-bond acceptors (Lipinski definition) is 4. The summed E-state index contributed by atoms with van der Waals surface area (Å²) in [6, 6.07) is 17.7. The van der Waals surface area contributed by atoms with E-state index in [0.717, 1.165) is 16.8 Å². The number of amides is 1. The van der Waals surface area contributed by atoms with Gasteiger partial charge in [0.1, 0.15) is 5.82 Å². The average molecular weight is 360 g/mol. The van der Waals surface area contributed by atoms with Crippen LogP contribution in [-0.2, 0) is 6.54 Å². The number of nitrogens with two attached hydrogens (primary N) is 1. The van der Waals surface area contributed by atoms with Crippen molar-refractivity contribution < 1.29 is 9.18 Å². The molecule has 0 fully saturated rings. The first kappa shape index (κ1) is 16.7. The number of aromatic nitrogens is 3. The number of para-hydroxylation sites is 1. The first-order valence-corrected chi connectivity index (χ1v) is 8.27. The van der Waals surface area contributed by atoms with Gasteiger partial charge in [0.2, 0.25) is 6.33 Å². The Labute approximate surface area is 154 Å². The van der Waals surface area contributed by atoms with Crippen LogP contribution >= 0.6 is 0 Å². The minimum absolute atomic E-state index is 0.284. The van der Waals surface area contributed by atoms with E-state index in [1.807, 2.05) is 24.3 Å². The van der Waals surface area contributed by atoms with E-state index in [-0.39, 0.29) is 5.82 Å². The van der Waals surface area contributed by atoms with Gasteiger partial charge in [-0.2, -0.15) is 0 Å². The summed E-state index contributed by atoms with van der Waals surface area (Å²) in [4.78, 5) is 15.5. The van der Waals surface area contributed by atoms with Gasteiger partial charge in [-0.05, 0) is 29.8 Å². The molecule has 0 saturated heterocycles. The molecule has 0 aliphatic carbocycles. The van der Waals surface area contributed by atoms with E-state index in [9.17, 15) is 9.18 Å². The highest BCUT2D eigenvalue weighted by Crippen LogP contribution is 2.22. The summed E-state index contributed by atoms with van der Waals surface area (Å²) in [5.41, 5.74) is 9.14. The number of carbonyl (C=O) groups excluding carboxylic acids is 1. The molecule has 1 radical (unpaired) electrons. The fourth-order valence-corrected chi connectivity index (χ4v) is 2.86. The molecule has 0 aliphatic rings. The van der Waals surface area contributed by atoms with E-state index in [4.69, 9.17) is 5.73 Å². The summed E-state index contributed by atoms with van der Waals surface area (Å²) in [5, 5.41) is 7.14. The van der Waals surface area contributed by atoms with Gasteiger partial charge in [0, 0.05) is 12.1 Å². The van der Waals surface area contributed by atoms with Crippen LogP contribution in [-0.4, -0.2) is 20.5 Å². The summed E-state index contributed by atoms with van der Waals surface area (Å²) in [6.07, 6.45) is 2.51. The van der Waals surface area contributed by atoms with Gasteiger partial charge in [0.15, 0.2) is 5.65 Å². The number of hydrogen-bond donors (Lipinski definition) is 2. The molecule has 0 aliphatic heterocycles. The Hall–Kier alpha value is -3.74. The summed E-state index contributed by atoms with van der Waals surface area (Å²) in [7, 11) is 0. The van der Waals surface area contributed by atoms with Crippen LogP contribution in [0, 0.1) is 12.1 Å². The van der Waals surface area contributed by atoms with Crippen molar-refractivity contribution in [3.8, 4) is 11.3 Å². The largest absolute Gasteiger partial charge is 0.379 e. The van der Waals surface area contributed by atoms with Crippen LogP contribution < -0.4 is 11.1 Å². The fourth-order valence-electron chi connectivity index (χ4n) is 2.86. The lowest BCUT2D eigenvalue weighted by Gasteiger charge is -2.09. The van der Waals surface area contributed by atoms with E-state index in [0.29, 0.717) is 23.4 Å². The lowest BCUT2D eigenvalue weighted by atomic mass is 10.1. The van der Waals surface area contributed by atoms with Crippen LogP contribution in [0.25, 0.3) is 16.9 Å². The molecular weight excluding hydrogens is 345 g/mol. The first-order chi connectivity index (χ1) is 13.1. The molecule has 7 heteroatoms. The maximum atomic E-state index is 13.7. The summed E-state index contributed by atoms with van der Waals surface area (Å²) >= 11 is 0. The van der Waals surface area contributed by atoms with E-state index >= 15 is 0 Å². The van der Waals surface area contributed by atoms with Gasteiger partial charge >= 0.3 is 0 Å². The molecule has 0 unspecified atom stereocenters. The zero-order chi connectivity index (χ0) is 18.8. The number of carbonyl (C=O) groups is 1. The Morgan fingerprint density at radius 1 is 1.11 bits per heavy atom. The Morgan fingerprint density at radius 2 is 1.89 bits per heavy atom. The van der Waals surface area contributed by atoms with E-state index in [1.165, 1.54) is 10.6 Å². The zero-order valence-electron chi connectivity index (χ0n) is 14.2. The molecule has 0 atom stereocenters. The predicted molar refractivity (Wildman–Crippen MR) is 99.5 cm³/mol. The molecule has 133 valence electrons. The molecule has 1 amide bonds. The third-order valence-corrected chi connectivity index (χ3v) is 4.25. The standard InChI is InChI=1S/C20H15FN5O/c21-16-3-1-2-4-17(16)23-11-13-5-7-14(8-6-13)18-10-9-15(19(22)27)20-24-12-25-26(18)20/h1-10,23H,11H2,(H2,22,27). The number of nitrogens with one attached hydrogen (secondary N) is 1. The highest BCUT2D eigenvalue weighted by Gasteiger charge is 2.13. The highest BCUT2D eigenvalue weighted by atomic mass is 19.1. The number of rotatable bonds is 5. The average Bonchev–Trinajstić information content (AvgIpc) is 3.17. The lowest BCUT2D eigenvalue weighted by Crippen LogP contribution is -2.13. The molecule has 4 rings (SSSR count). The molecular formula is C20H15FN5O. The van der Waals surface area contributed by atoms with Crippen molar-refractivity contribution >= 4 is 17.2 Å². The second kappa shape index (κ2) is 6.87. The number of fused-ring (bicyclic) bond motifs is 1. The smallest absolute Gasteiger partial charge is 0.252 e. The van der Waals surface area contributed by atoms with Gasteiger partial charge < -0.3 is 11.1 Å². The van der Waals surface area contributed by atoms with Gasteiger partial charge in [-0.1, -0.05) is 36.4 Å². The summed E-state index contributed by atoms with van der Waals surface area (Å²) in [6.45, 7) is 0.494. The second-order valence-corrected chi connectivity index (χ2v) is 5.97. The summed E-state index contributed by atoms with van der Waals surface area (Å²) in [5.74, 6) is -0.851. The van der Waals surface area contributed by atoms with Gasteiger partial charge in [0.25, 0.3) is 5.91 Å². The zero-order valence-corrected chi connectivity index (χ0v) is 14.2. The van der Waals surface area contributed by atoms with Crippen molar-refractivity contribution in [3.63, 3.8) is 0 Å². The number of benzene rings is 2. The molecule has 0 spiro atoms. The number of anilines is 1. The molecule has 27 heavy (non-hydrogen) atoms. The van der Waals surface area contributed by atoms with Gasteiger partial charge in [0.05, 0.1) is 16.9 Å². The van der Waals surface area contributed by atoms with Crippen LogP contribution in [0.2, 0.25) is 0 Å². The SMILES string of the molecule is NC(=O)c1ccc(-c2ccc(CNc3ccccc3F)cc2)n2n[c]nc12. The van der Waals surface area contributed by atoms with Gasteiger partial charge in [-0.25, -0.2) is 13.9 Å². The first-order valence-electron chi connectivity index (χ1n) is 8.27. The van der Waals surface area contributed by atoms with Crippen molar-refractivity contribution in [2.24, 2.45) is 5.73 Å². The third-order valence-electron chi connectivity index (χ3n) is 4.25. The Kier molecular flexibility index (Phi) is 4.25. The van der Waals surface area contributed by atoms with E-state index < -0.39 is 5.91 Å². The third kappa shape index (κ3) is 3.22. The number of nitrogens with zero attached hydrogens (tertiary/aromatic N) is 3. The molecule has 2 aromatic carbocycles. The molecule has 2 heterocycles. The van der Waals surface area contributed by atoms with Crippen LogP contribution in [0.4, 0.5) is 10.1 Å². The van der Waals surface area contributed by atoms with Crippen LogP contribution in [0.3, 0.4) is 0 Å². The van der Waals surface area contributed by atoms with E-state index in [2.05, 4.69) is 21.7 Å². The maximum absolute atomic E-state index is 13.7. The minimum Gasteiger partial charge on any atom is -0.379 e. The highest BCUT2D eigenvalue weighted by molar-refractivity contribution is 5.99. The van der Waals surface area contributed by atoms with Crippen molar-refractivity contribution in [1.29, 1.82) is 0 Å². The van der Waals surface area contributed by atoms with Crippen molar-refractivity contribution in [2.75, 3.05) is 5.32 Å². The van der Waals surface area contributed by atoms with Crippen LogP contribution in [0.15, 0.2) is 60.7 Å². The molecule has 6 nitrogen and oxygen atoms in total. The van der Waals surface area contributed by atoms with Crippen molar-refractivity contribution in [3.05, 3.63) is 83.9 Å². The molecule has 2 aromatic heterocycles. The molecule has 0 bridgehead atoms. The predicted octanol–water partition coefficient (Wildman–Crippen LogP) is 3.05. The molecule has 3 N–H and O–H groups in total. The Morgan fingerprint density at radius 3 is 2.63 bits per heavy atom. The Bertz CT molecular complexity index is 1120.